The van der Waals surface area contributed by atoms with Gasteiger partial charge in [-0.15, -0.1) is 12.4 Å². The third kappa shape index (κ3) is 1.97. The molecule has 0 aliphatic carbocycles. The van der Waals surface area contributed by atoms with Crippen LogP contribution in [0.2, 0.25) is 0 Å². The van der Waals surface area contributed by atoms with Crippen molar-refractivity contribution in [3.05, 3.63) is 0 Å². The Morgan fingerprint density at radius 2 is 2.30 bits per heavy atom. The zero-order chi connectivity index (χ0) is 7.78. The lowest BCUT2D eigenvalue weighted by molar-refractivity contribution is -0.134. The summed E-state index contributed by atoms with van der Waals surface area (Å²) in [6, 6.07) is -1.60. The van der Waals surface area contributed by atoms with Gasteiger partial charge in [0.05, 0.1) is 7.39 Å². The Morgan fingerprint density at radius 1 is 1.70 bits per heavy atom. The molecule has 3 N–H and O–H groups in total. The summed E-state index contributed by atoms with van der Waals surface area (Å²) in [5.74, 6) is -1.05. The maximum atomic E-state index is 10.7. The number of nitrogens with one attached hydrogen (secondary N) is 1. The largest absolute Gasteiger partial charge is 0.320 e. The van der Waals surface area contributed by atoms with Crippen LogP contribution in [-0.2, 0) is 9.59 Å². The van der Waals surface area contributed by atoms with E-state index in [0.717, 1.165) is 0 Å². The molecule has 0 unspecified atom stereocenters. The number of imide groups is 1. The summed E-state index contributed by atoms with van der Waals surface area (Å²) in [6.45, 7) is 0. The van der Waals surface area contributed by atoms with Crippen molar-refractivity contribution < 1.29 is 11.0 Å². The molecule has 5 heteroatoms. The van der Waals surface area contributed by atoms with Crippen molar-refractivity contribution in [2.75, 3.05) is 0 Å². The van der Waals surface area contributed by atoms with E-state index >= 15 is 0 Å². The van der Waals surface area contributed by atoms with E-state index in [-0.39, 0.29) is 31.2 Å². The number of carbonyl (C=O) groups is 2. The van der Waals surface area contributed by atoms with Crippen LogP contribution in [-0.4, -0.2) is 17.8 Å². The quantitative estimate of drug-likeness (QED) is 0.461. The molecule has 1 atom stereocenters. The van der Waals surface area contributed by atoms with Crippen LogP contribution in [0.3, 0.4) is 0 Å². The Morgan fingerprint density at radius 3 is 2.70 bits per heavy atom. The predicted molar refractivity (Wildman–Crippen MR) is 37.6 cm³/mol. The van der Waals surface area contributed by atoms with Crippen molar-refractivity contribution in [2.24, 2.45) is 5.73 Å². The molecule has 1 aliphatic rings. The molecule has 0 aromatic heterocycles. The van der Waals surface area contributed by atoms with E-state index in [2.05, 4.69) is 0 Å². The molecule has 0 radical (unpaired) electrons. The first kappa shape index (κ1) is 7.50. The zero-order valence-electron chi connectivity index (χ0n) is 6.22. The number of hydrogen-bond donors (Lipinski definition) is 2. The Bertz CT molecular complexity index is 195. The van der Waals surface area contributed by atoms with E-state index in [4.69, 9.17) is 7.10 Å². The van der Waals surface area contributed by atoms with Gasteiger partial charge in [-0.3, -0.25) is 14.9 Å². The van der Waals surface area contributed by atoms with Crippen LogP contribution in [0.1, 0.15) is 14.2 Å². The van der Waals surface area contributed by atoms with Gasteiger partial charge in [-0.25, -0.2) is 0 Å². The van der Waals surface area contributed by atoms with Crippen molar-refractivity contribution in [2.45, 2.75) is 18.9 Å². The average molecular weight is 166 g/mol. The maximum Gasteiger partial charge on any atom is 0.243 e. The molecule has 1 heterocycles. The topological polar surface area (TPSA) is 72.2 Å². The summed E-state index contributed by atoms with van der Waals surface area (Å²) < 4.78 is 7.14. The van der Waals surface area contributed by atoms with E-state index in [1.807, 2.05) is 5.32 Å². The molecule has 0 aromatic rings. The van der Waals surface area contributed by atoms with Crippen molar-refractivity contribution in [3.63, 3.8) is 0 Å². The molecule has 2 amide bonds. The lowest BCUT2D eigenvalue weighted by Gasteiger charge is -2.15. The van der Waals surface area contributed by atoms with E-state index in [0.29, 0.717) is 0 Å². The molecule has 0 spiro atoms. The fourth-order valence-corrected chi connectivity index (χ4v) is 0.631. The van der Waals surface area contributed by atoms with Crippen LogP contribution in [0, 0.1) is 0 Å². The van der Waals surface area contributed by atoms with Crippen LogP contribution < -0.4 is 11.1 Å². The van der Waals surface area contributed by atoms with Gasteiger partial charge in [-0.05, 0) is 6.42 Å². The number of carbonyl (C=O) groups excluding carboxylic acids is 2. The molecule has 1 saturated heterocycles. The van der Waals surface area contributed by atoms with Crippen molar-refractivity contribution in [3.8, 4) is 0 Å². The van der Waals surface area contributed by atoms with E-state index in [1.165, 1.54) is 0 Å². The number of amides is 2. The third-order valence-corrected chi connectivity index (χ3v) is 1.17. The number of hydrogen-bond acceptors (Lipinski definition) is 3. The Kier molecular flexibility index (Phi) is 2.65. The van der Waals surface area contributed by atoms with E-state index in [9.17, 15) is 9.59 Å². The second kappa shape index (κ2) is 3.53. The molecule has 58 valence electrons. The van der Waals surface area contributed by atoms with E-state index in [1.54, 1.807) is 0 Å². The van der Waals surface area contributed by atoms with Crippen LogP contribution >= 0.6 is 12.4 Å². The Labute approximate surface area is 66.0 Å². The first-order valence-corrected chi connectivity index (χ1v) is 2.65. The Hall–Kier alpha value is -0.610. The van der Waals surface area contributed by atoms with Gasteiger partial charge in [-0.2, -0.15) is 0 Å². The van der Waals surface area contributed by atoms with Crippen LogP contribution in [0.4, 0.5) is 0 Å². The summed E-state index contributed by atoms with van der Waals surface area (Å²) in [5, 5.41) is 1.98. The van der Waals surface area contributed by atoms with Gasteiger partial charge in [0.2, 0.25) is 11.8 Å². The predicted octanol–water partition coefficient (Wildman–Crippen LogP) is -0.828. The van der Waals surface area contributed by atoms with Gasteiger partial charge < -0.3 is 5.73 Å². The number of nitrogens with two attached hydrogens (primary N) is 1. The molecule has 0 saturated carbocycles. The standard InChI is InChI=1S/C5H8N2O2.ClH/c6-3-1-2-4(8)7-5(3)9;/h3H,1-2,6H2,(H,7,8,9);1H/t3-;/m1./s1/i3D;. The highest BCUT2D eigenvalue weighted by Crippen LogP contribution is 2.00. The minimum Gasteiger partial charge on any atom is -0.320 e. The molecule has 1 rings (SSSR count). The highest BCUT2D eigenvalue weighted by molar-refractivity contribution is 6.00. The van der Waals surface area contributed by atoms with Gasteiger partial charge in [-0.1, -0.05) is 0 Å². The number of piperidine rings is 1. The highest BCUT2D eigenvalue weighted by Gasteiger charge is 2.22. The molecule has 10 heavy (non-hydrogen) atoms. The summed E-state index contributed by atoms with van der Waals surface area (Å²) in [7, 11) is 0. The molecule has 1 aliphatic heterocycles. The molecular formula is C5H9ClN2O2. The van der Waals surface area contributed by atoms with Crippen LogP contribution in [0.5, 0.6) is 0 Å². The molecule has 4 nitrogen and oxygen atoms in total. The summed E-state index contributed by atoms with van der Waals surface area (Å²) in [4.78, 5) is 21.2. The zero-order valence-corrected chi connectivity index (χ0v) is 6.03. The SMILES string of the molecule is Cl.[2H][C@@]1(N)CCC(=O)NC1=O. The van der Waals surface area contributed by atoms with Crippen LogP contribution in [0.25, 0.3) is 0 Å². The van der Waals surface area contributed by atoms with Gasteiger partial charge in [0.1, 0.15) is 0 Å². The number of rotatable bonds is 0. The van der Waals surface area contributed by atoms with Crippen molar-refractivity contribution in [1.29, 1.82) is 0 Å². The highest BCUT2D eigenvalue weighted by atomic mass is 35.5. The monoisotopic (exact) mass is 165 g/mol. The molecule has 1 fully saturated rings. The average Bonchev–Trinajstić information content (AvgIpc) is 1.81. The maximum absolute atomic E-state index is 10.7. The van der Waals surface area contributed by atoms with Gasteiger partial charge in [0.25, 0.3) is 0 Å². The second-order valence-electron chi connectivity index (χ2n) is 1.90. The summed E-state index contributed by atoms with van der Waals surface area (Å²) in [5.41, 5.74) is 5.19. The Balaban J connectivity index is 0.000001000. The molecule has 0 aromatic carbocycles. The van der Waals surface area contributed by atoms with Gasteiger partial charge in [0, 0.05) is 6.42 Å². The smallest absolute Gasteiger partial charge is 0.243 e. The first-order valence-electron chi connectivity index (χ1n) is 3.15. The number of halogens is 1. The lowest BCUT2D eigenvalue weighted by Crippen LogP contribution is -2.48. The third-order valence-electron chi connectivity index (χ3n) is 1.17. The van der Waals surface area contributed by atoms with E-state index < -0.39 is 11.9 Å². The normalized spacial score (nSPS) is 33.9. The molecular weight excluding hydrogens is 156 g/mol. The first-order chi connectivity index (χ1) is 4.52. The second-order valence-corrected chi connectivity index (χ2v) is 1.90. The minimum atomic E-state index is -1.60. The van der Waals surface area contributed by atoms with Gasteiger partial charge >= 0.3 is 0 Å². The summed E-state index contributed by atoms with van der Waals surface area (Å²) in [6.07, 6.45) is 0.267. The van der Waals surface area contributed by atoms with Crippen molar-refractivity contribution >= 4 is 24.2 Å². The fourth-order valence-electron chi connectivity index (χ4n) is 0.631. The molecule has 0 bridgehead atoms. The summed E-state index contributed by atoms with van der Waals surface area (Å²) >= 11 is 0. The minimum absolute atomic E-state index is 0. The van der Waals surface area contributed by atoms with Crippen LogP contribution in [0.15, 0.2) is 0 Å². The lowest BCUT2D eigenvalue weighted by atomic mass is 10.1. The fraction of sp³-hybridized carbons (Fsp3) is 0.600. The van der Waals surface area contributed by atoms with Gasteiger partial charge in [0.15, 0.2) is 0 Å². The van der Waals surface area contributed by atoms with Crippen molar-refractivity contribution in [1.82, 2.24) is 5.32 Å².